The Morgan fingerprint density at radius 2 is 1.90 bits per heavy atom. The Morgan fingerprint density at radius 3 is 2.43 bits per heavy atom. The first-order chi connectivity index (χ1) is 14.0. The summed E-state index contributed by atoms with van der Waals surface area (Å²) in [6.07, 6.45) is -0.709. The van der Waals surface area contributed by atoms with Crippen molar-refractivity contribution in [3.8, 4) is 0 Å². The number of alkyl halides is 3. The minimum Gasteiger partial charge on any atom is -0.381 e. The number of rotatable bonds is 6. The third-order valence-electron chi connectivity index (χ3n) is 4.95. The minimum absolute atomic E-state index is 0.128. The molecule has 1 atom stereocenters. The Labute approximate surface area is 176 Å². The molecule has 1 fully saturated rings. The van der Waals surface area contributed by atoms with Crippen LogP contribution in [0.4, 0.5) is 18.3 Å². The molecule has 1 aliphatic rings. The maximum atomic E-state index is 13.0. The predicted molar refractivity (Wildman–Crippen MR) is 106 cm³/mol. The first-order valence-electron chi connectivity index (χ1n) is 9.25. The van der Waals surface area contributed by atoms with Crippen molar-refractivity contribution in [2.24, 2.45) is 5.92 Å². The van der Waals surface area contributed by atoms with Crippen molar-refractivity contribution in [1.29, 1.82) is 0 Å². The van der Waals surface area contributed by atoms with Gasteiger partial charge in [0.1, 0.15) is 4.88 Å². The van der Waals surface area contributed by atoms with Crippen molar-refractivity contribution in [2.45, 2.75) is 36.3 Å². The summed E-state index contributed by atoms with van der Waals surface area (Å²) in [5, 5.41) is 2.36. The number of nitrogens with zero attached hydrogens (tertiary/aromatic N) is 1. The second-order valence-electron chi connectivity index (χ2n) is 7.20. The molecule has 1 aromatic carbocycles. The molecule has 2 aromatic rings. The Morgan fingerprint density at radius 1 is 1.27 bits per heavy atom. The number of nitrogens with one attached hydrogen (secondary N) is 1. The van der Waals surface area contributed by atoms with E-state index in [2.05, 4.69) is 10.3 Å². The van der Waals surface area contributed by atoms with E-state index in [1.54, 1.807) is 12.1 Å². The standard InChI is InChI=1S/C19H21F3N2O4S2/c1-30(26,27)14-4-2-13(3-5-14)15(10-12-6-8-28-9-7-12)17(25)24-18-23-11-16(29-18)19(20,21)22/h2-5,11-12,15H,6-10H2,1H3,(H,23,24,25). The number of amides is 1. The number of halogens is 3. The van der Waals surface area contributed by atoms with Crippen LogP contribution in [-0.4, -0.2) is 38.8 Å². The summed E-state index contributed by atoms with van der Waals surface area (Å²) >= 11 is 0.365. The molecule has 30 heavy (non-hydrogen) atoms. The van der Waals surface area contributed by atoms with E-state index >= 15 is 0 Å². The molecule has 1 unspecified atom stereocenters. The molecule has 1 N–H and O–H groups in total. The van der Waals surface area contributed by atoms with Crippen LogP contribution in [0.15, 0.2) is 35.4 Å². The number of ether oxygens (including phenoxy) is 1. The molecule has 11 heteroatoms. The van der Waals surface area contributed by atoms with E-state index in [0.29, 0.717) is 42.7 Å². The number of carbonyl (C=O) groups is 1. The lowest BCUT2D eigenvalue weighted by atomic mass is 9.84. The van der Waals surface area contributed by atoms with Gasteiger partial charge < -0.3 is 10.1 Å². The lowest BCUT2D eigenvalue weighted by Crippen LogP contribution is -2.26. The molecule has 164 valence electrons. The van der Waals surface area contributed by atoms with Gasteiger partial charge in [-0.1, -0.05) is 23.5 Å². The largest absolute Gasteiger partial charge is 0.427 e. The number of aromatic nitrogens is 1. The van der Waals surface area contributed by atoms with E-state index in [-0.39, 0.29) is 15.9 Å². The summed E-state index contributed by atoms with van der Waals surface area (Å²) in [6, 6.07) is 6.01. The summed E-state index contributed by atoms with van der Waals surface area (Å²) in [5.74, 6) is -0.914. The number of hydrogen-bond donors (Lipinski definition) is 1. The minimum atomic E-state index is -4.52. The van der Waals surface area contributed by atoms with Gasteiger partial charge in [-0.15, -0.1) is 0 Å². The zero-order valence-corrected chi connectivity index (χ0v) is 17.7. The Balaban J connectivity index is 1.82. The molecule has 2 heterocycles. The molecule has 0 aliphatic carbocycles. The third kappa shape index (κ3) is 5.79. The van der Waals surface area contributed by atoms with Gasteiger partial charge in [-0.2, -0.15) is 13.2 Å². The zero-order valence-electron chi connectivity index (χ0n) is 16.1. The summed E-state index contributed by atoms with van der Waals surface area (Å²) in [5.41, 5.74) is 0.596. The summed E-state index contributed by atoms with van der Waals surface area (Å²) in [6.45, 7) is 1.18. The fourth-order valence-electron chi connectivity index (χ4n) is 3.31. The highest BCUT2D eigenvalue weighted by atomic mass is 32.2. The van der Waals surface area contributed by atoms with E-state index in [1.165, 1.54) is 12.1 Å². The van der Waals surface area contributed by atoms with Crippen molar-refractivity contribution in [1.82, 2.24) is 4.98 Å². The van der Waals surface area contributed by atoms with E-state index in [9.17, 15) is 26.4 Å². The van der Waals surface area contributed by atoms with Gasteiger partial charge in [-0.3, -0.25) is 4.79 Å². The van der Waals surface area contributed by atoms with Crippen LogP contribution in [-0.2, 0) is 25.5 Å². The molecular formula is C19H21F3N2O4S2. The van der Waals surface area contributed by atoms with Crippen molar-refractivity contribution in [3.05, 3.63) is 40.9 Å². The number of carbonyl (C=O) groups excluding carboxylic acids is 1. The van der Waals surface area contributed by atoms with E-state index in [0.717, 1.165) is 19.1 Å². The second-order valence-corrected chi connectivity index (χ2v) is 10.2. The summed E-state index contributed by atoms with van der Waals surface area (Å²) in [7, 11) is -3.38. The van der Waals surface area contributed by atoms with Gasteiger partial charge in [0, 0.05) is 19.5 Å². The topological polar surface area (TPSA) is 85.4 Å². The number of benzene rings is 1. The van der Waals surface area contributed by atoms with E-state index in [4.69, 9.17) is 4.74 Å². The molecule has 1 amide bonds. The second kappa shape index (κ2) is 9.03. The number of thiazole rings is 1. The zero-order chi connectivity index (χ0) is 21.9. The van der Waals surface area contributed by atoms with Crippen molar-refractivity contribution in [3.63, 3.8) is 0 Å². The highest BCUT2D eigenvalue weighted by Gasteiger charge is 2.34. The van der Waals surface area contributed by atoms with Crippen molar-refractivity contribution in [2.75, 3.05) is 24.8 Å². The Kier molecular flexibility index (Phi) is 6.83. The third-order valence-corrected chi connectivity index (χ3v) is 7.04. The molecule has 1 aliphatic heterocycles. The Bertz CT molecular complexity index is 982. The lowest BCUT2D eigenvalue weighted by molar-refractivity contribution is -0.134. The van der Waals surface area contributed by atoms with Gasteiger partial charge in [0.2, 0.25) is 5.91 Å². The monoisotopic (exact) mass is 462 g/mol. The van der Waals surface area contributed by atoms with Gasteiger partial charge in [0.05, 0.1) is 17.0 Å². The highest BCUT2D eigenvalue weighted by molar-refractivity contribution is 7.90. The quantitative estimate of drug-likeness (QED) is 0.699. The molecule has 6 nitrogen and oxygen atoms in total. The van der Waals surface area contributed by atoms with E-state index < -0.39 is 32.7 Å². The molecule has 0 bridgehead atoms. The lowest BCUT2D eigenvalue weighted by Gasteiger charge is -2.26. The molecule has 0 saturated carbocycles. The van der Waals surface area contributed by atoms with Crippen molar-refractivity contribution < 1.29 is 31.1 Å². The van der Waals surface area contributed by atoms with Crippen LogP contribution in [0.1, 0.15) is 35.6 Å². The van der Waals surface area contributed by atoms with Gasteiger partial charge >= 0.3 is 6.18 Å². The smallest absolute Gasteiger partial charge is 0.381 e. The molecule has 0 radical (unpaired) electrons. The summed E-state index contributed by atoms with van der Waals surface area (Å²) in [4.78, 5) is 15.8. The molecule has 1 saturated heterocycles. The van der Waals surface area contributed by atoms with Gasteiger partial charge in [0.25, 0.3) is 0 Å². The maximum absolute atomic E-state index is 13.0. The number of hydrogen-bond acceptors (Lipinski definition) is 6. The fourth-order valence-corrected chi connectivity index (χ4v) is 4.63. The highest BCUT2D eigenvalue weighted by Crippen LogP contribution is 2.36. The SMILES string of the molecule is CS(=O)(=O)c1ccc(C(CC2CCOCC2)C(=O)Nc2ncc(C(F)(F)F)s2)cc1. The first-order valence-corrected chi connectivity index (χ1v) is 12.0. The average molecular weight is 463 g/mol. The van der Waals surface area contributed by atoms with Crippen molar-refractivity contribution >= 4 is 32.2 Å². The summed E-state index contributed by atoms with van der Waals surface area (Å²) < 4.78 is 67.1. The van der Waals surface area contributed by atoms with Gasteiger partial charge in [-0.25, -0.2) is 13.4 Å². The first kappa shape index (κ1) is 22.7. The average Bonchev–Trinajstić information content (AvgIpc) is 3.15. The maximum Gasteiger partial charge on any atom is 0.427 e. The van der Waals surface area contributed by atoms with Crippen LogP contribution in [0.2, 0.25) is 0 Å². The van der Waals surface area contributed by atoms with Crippen LogP contribution in [0.25, 0.3) is 0 Å². The van der Waals surface area contributed by atoms with Crippen LogP contribution in [0.3, 0.4) is 0 Å². The number of anilines is 1. The molecule has 3 rings (SSSR count). The predicted octanol–water partition coefficient (Wildman–Crippen LogP) is 4.10. The van der Waals surface area contributed by atoms with Crippen LogP contribution in [0.5, 0.6) is 0 Å². The number of sulfone groups is 1. The van der Waals surface area contributed by atoms with Gasteiger partial charge in [0.15, 0.2) is 15.0 Å². The molecular weight excluding hydrogens is 441 g/mol. The molecule has 1 aromatic heterocycles. The van der Waals surface area contributed by atoms with Crippen LogP contribution >= 0.6 is 11.3 Å². The molecule has 0 spiro atoms. The van der Waals surface area contributed by atoms with Gasteiger partial charge in [-0.05, 0) is 42.9 Å². The Hall–Kier alpha value is -1.98. The normalized spacial score (nSPS) is 16.9. The fraction of sp³-hybridized carbons (Fsp3) is 0.474. The van der Waals surface area contributed by atoms with Crippen LogP contribution in [0, 0.1) is 5.92 Å². The van der Waals surface area contributed by atoms with E-state index in [1.807, 2.05) is 0 Å². The van der Waals surface area contributed by atoms with Crippen LogP contribution < -0.4 is 5.32 Å².